The molecule has 2 aliphatic rings. The molecular weight excluding hydrogens is 389 g/mol. The van der Waals surface area contributed by atoms with E-state index in [-0.39, 0.29) is 5.69 Å². The van der Waals surface area contributed by atoms with E-state index >= 15 is 0 Å². The molecule has 0 spiro atoms. The molecule has 0 radical (unpaired) electrons. The van der Waals surface area contributed by atoms with Crippen molar-refractivity contribution in [2.45, 2.75) is 17.8 Å². The van der Waals surface area contributed by atoms with Crippen molar-refractivity contribution in [2.24, 2.45) is 5.92 Å². The Morgan fingerprint density at radius 2 is 1.75 bits per heavy atom. The van der Waals surface area contributed by atoms with Gasteiger partial charge in [0.1, 0.15) is 5.92 Å². The number of anilines is 1. The molecule has 0 unspecified atom stereocenters. The van der Waals surface area contributed by atoms with Crippen molar-refractivity contribution in [1.29, 1.82) is 0 Å². The first-order chi connectivity index (χ1) is 13.1. The van der Waals surface area contributed by atoms with Gasteiger partial charge in [0.2, 0.25) is 5.91 Å². The molecule has 0 aromatic heterocycles. The minimum Gasteiger partial charge on any atom is -0.467 e. The van der Waals surface area contributed by atoms with Crippen LogP contribution in [0, 0.1) is 5.92 Å². The number of amides is 2. The molecule has 0 aliphatic carbocycles. The van der Waals surface area contributed by atoms with Crippen LogP contribution in [0.5, 0.6) is 0 Å². The number of imide groups is 1. The maximum atomic E-state index is 13.0. The lowest BCUT2D eigenvalue weighted by molar-refractivity contribution is -0.169. The van der Waals surface area contributed by atoms with Gasteiger partial charge < -0.3 is 9.47 Å². The lowest BCUT2D eigenvalue weighted by Gasteiger charge is -2.26. The number of alkyl halides is 3. The average Bonchev–Trinajstić information content (AvgIpc) is 3.18. The number of hydrogen-bond acceptors (Lipinski definition) is 8. The molecule has 2 fully saturated rings. The zero-order valence-electron chi connectivity index (χ0n) is 14.4. The smallest absolute Gasteiger partial charge is 0.416 e. The number of hydrogen-bond donors (Lipinski definition) is 1. The number of halogens is 3. The largest absolute Gasteiger partial charge is 0.467 e. The Kier molecular flexibility index (Phi) is 4.63. The van der Waals surface area contributed by atoms with Gasteiger partial charge in [-0.15, -0.1) is 0 Å². The molecule has 28 heavy (non-hydrogen) atoms. The van der Waals surface area contributed by atoms with E-state index in [0.717, 1.165) is 32.4 Å². The summed E-state index contributed by atoms with van der Waals surface area (Å²) in [5.74, 6) is -6.39. The van der Waals surface area contributed by atoms with Gasteiger partial charge in [0.05, 0.1) is 25.5 Å². The SMILES string of the molecule is COC(=O)C1(C(=O)OC)NO[C@@H]2C(=O)N(c3cccc(C(F)(F)F)c3)C(=O)[C@@H]21. The van der Waals surface area contributed by atoms with Gasteiger partial charge in [-0.25, -0.2) is 14.5 Å². The molecule has 2 amide bonds. The lowest BCUT2D eigenvalue weighted by atomic mass is 9.82. The summed E-state index contributed by atoms with van der Waals surface area (Å²) < 4.78 is 48.0. The number of nitrogens with zero attached hydrogens (tertiary/aromatic N) is 1. The Labute approximate surface area is 155 Å². The first kappa shape index (κ1) is 19.8. The summed E-state index contributed by atoms with van der Waals surface area (Å²) in [6.45, 7) is 0. The molecule has 2 saturated heterocycles. The van der Waals surface area contributed by atoms with E-state index < -0.39 is 53.1 Å². The van der Waals surface area contributed by atoms with E-state index in [2.05, 4.69) is 9.47 Å². The number of ether oxygens (including phenoxy) is 2. The van der Waals surface area contributed by atoms with Gasteiger partial charge in [0.25, 0.3) is 11.4 Å². The van der Waals surface area contributed by atoms with Gasteiger partial charge in [-0.05, 0) is 18.2 Å². The monoisotopic (exact) mass is 402 g/mol. The molecule has 1 aromatic carbocycles. The van der Waals surface area contributed by atoms with Crippen LogP contribution in [-0.2, 0) is 39.7 Å². The number of carbonyl (C=O) groups excluding carboxylic acids is 4. The second-order valence-electron chi connectivity index (χ2n) is 5.97. The highest BCUT2D eigenvalue weighted by molar-refractivity contribution is 6.27. The number of fused-ring (bicyclic) bond motifs is 1. The Hall–Kier alpha value is -2.99. The summed E-state index contributed by atoms with van der Waals surface area (Å²) in [7, 11) is 1.88. The minimum absolute atomic E-state index is 0.383. The number of rotatable bonds is 3. The number of nitrogens with one attached hydrogen (secondary N) is 1. The standard InChI is InChI=1S/C16H13F3N2O7/c1-26-13(24)15(14(25)27-2)9-10(28-20-15)12(23)21(11(9)22)8-5-3-4-7(6-8)16(17,18)19/h3-6,9-10,20H,1-2H3/t9-,10+/m1/s1. The molecule has 0 bridgehead atoms. The van der Waals surface area contributed by atoms with Gasteiger partial charge in [0.15, 0.2) is 6.10 Å². The molecule has 2 aliphatic heterocycles. The number of methoxy groups -OCH3 is 2. The second kappa shape index (κ2) is 6.56. The molecule has 150 valence electrons. The third kappa shape index (κ3) is 2.64. The van der Waals surface area contributed by atoms with Gasteiger partial charge in [-0.1, -0.05) is 6.07 Å². The Morgan fingerprint density at radius 1 is 1.14 bits per heavy atom. The van der Waals surface area contributed by atoms with Crippen LogP contribution < -0.4 is 10.4 Å². The average molecular weight is 402 g/mol. The third-order valence-corrected chi connectivity index (χ3v) is 4.51. The van der Waals surface area contributed by atoms with Gasteiger partial charge in [-0.3, -0.25) is 14.4 Å². The minimum atomic E-state index is -4.71. The zero-order chi connectivity index (χ0) is 20.9. The van der Waals surface area contributed by atoms with Crippen LogP contribution in [0.1, 0.15) is 5.56 Å². The predicted molar refractivity (Wildman–Crippen MR) is 82.2 cm³/mol. The molecule has 12 heteroatoms. The Morgan fingerprint density at radius 3 is 2.29 bits per heavy atom. The van der Waals surface area contributed by atoms with E-state index in [1.807, 2.05) is 5.48 Å². The van der Waals surface area contributed by atoms with Crippen molar-refractivity contribution < 1.29 is 46.7 Å². The van der Waals surface area contributed by atoms with E-state index in [0.29, 0.717) is 11.0 Å². The highest BCUT2D eigenvalue weighted by atomic mass is 19.4. The summed E-state index contributed by atoms with van der Waals surface area (Å²) in [4.78, 5) is 55.5. The van der Waals surface area contributed by atoms with Crippen LogP contribution in [0.25, 0.3) is 0 Å². The van der Waals surface area contributed by atoms with Crippen LogP contribution in [0.4, 0.5) is 18.9 Å². The summed E-state index contributed by atoms with van der Waals surface area (Å²) in [6.07, 6.45) is -6.35. The van der Waals surface area contributed by atoms with Crippen molar-refractivity contribution in [3.8, 4) is 0 Å². The van der Waals surface area contributed by atoms with Gasteiger partial charge in [0, 0.05) is 0 Å². The van der Waals surface area contributed by atoms with Crippen molar-refractivity contribution in [3.05, 3.63) is 29.8 Å². The summed E-state index contributed by atoms with van der Waals surface area (Å²) in [5.41, 5.74) is -1.90. The van der Waals surface area contributed by atoms with E-state index in [9.17, 15) is 32.3 Å². The molecule has 3 rings (SSSR count). The predicted octanol–water partition coefficient (Wildman–Crippen LogP) is 0.183. The highest BCUT2D eigenvalue weighted by Crippen LogP contribution is 2.41. The number of carbonyl (C=O) groups is 4. The number of hydroxylamine groups is 1. The normalized spacial score (nSPS) is 23.5. The molecule has 1 aromatic rings. The highest BCUT2D eigenvalue weighted by Gasteiger charge is 2.72. The number of esters is 2. The quantitative estimate of drug-likeness (QED) is 0.433. The Bertz CT molecular complexity index is 854. The van der Waals surface area contributed by atoms with Gasteiger partial charge >= 0.3 is 18.1 Å². The van der Waals surface area contributed by atoms with Crippen molar-refractivity contribution in [1.82, 2.24) is 5.48 Å². The molecular formula is C16H13F3N2O7. The van der Waals surface area contributed by atoms with E-state index in [4.69, 9.17) is 4.84 Å². The number of benzene rings is 1. The first-order valence-corrected chi connectivity index (χ1v) is 7.74. The van der Waals surface area contributed by atoms with Crippen LogP contribution in [0.15, 0.2) is 24.3 Å². The van der Waals surface area contributed by atoms with E-state index in [1.54, 1.807) is 0 Å². The van der Waals surface area contributed by atoms with Crippen molar-refractivity contribution in [2.75, 3.05) is 19.1 Å². The van der Waals surface area contributed by atoms with Crippen LogP contribution in [-0.4, -0.2) is 49.6 Å². The van der Waals surface area contributed by atoms with Crippen LogP contribution in [0.2, 0.25) is 0 Å². The fraction of sp³-hybridized carbons (Fsp3) is 0.375. The van der Waals surface area contributed by atoms with Gasteiger partial charge in [-0.2, -0.15) is 18.7 Å². The maximum Gasteiger partial charge on any atom is 0.416 e. The van der Waals surface area contributed by atoms with E-state index in [1.165, 1.54) is 0 Å². The molecule has 9 nitrogen and oxygen atoms in total. The summed E-state index contributed by atoms with van der Waals surface area (Å²) >= 11 is 0. The maximum absolute atomic E-state index is 13.0. The Balaban J connectivity index is 2.07. The fourth-order valence-electron chi connectivity index (χ4n) is 3.22. The van der Waals surface area contributed by atoms with Crippen LogP contribution >= 0.6 is 0 Å². The second-order valence-corrected chi connectivity index (χ2v) is 5.97. The fourth-order valence-corrected chi connectivity index (χ4v) is 3.22. The van der Waals surface area contributed by atoms with Crippen LogP contribution in [0.3, 0.4) is 0 Å². The molecule has 1 N–H and O–H groups in total. The zero-order valence-corrected chi connectivity index (χ0v) is 14.4. The molecule has 2 heterocycles. The lowest BCUT2D eigenvalue weighted by Crippen LogP contribution is -2.61. The molecule has 2 atom stereocenters. The summed E-state index contributed by atoms with van der Waals surface area (Å²) in [5, 5.41) is 0. The van der Waals surface area contributed by atoms with Crippen molar-refractivity contribution >= 4 is 29.4 Å². The summed E-state index contributed by atoms with van der Waals surface area (Å²) in [6, 6.07) is 3.49. The van der Waals surface area contributed by atoms with Crippen molar-refractivity contribution in [3.63, 3.8) is 0 Å². The molecule has 0 saturated carbocycles. The topological polar surface area (TPSA) is 111 Å². The third-order valence-electron chi connectivity index (χ3n) is 4.51. The first-order valence-electron chi connectivity index (χ1n) is 7.74.